The van der Waals surface area contributed by atoms with E-state index >= 15 is 0 Å². The normalized spacial score (nSPS) is 17.3. The minimum Gasteiger partial charge on any atom is -0.350 e. The van der Waals surface area contributed by atoms with Crippen molar-refractivity contribution in [2.75, 3.05) is 13.1 Å². The molecule has 1 fully saturated rings. The van der Waals surface area contributed by atoms with Crippen molar-refractivity contribution in [3.8, 4) is 5.69 Å². The number of rotatable bonds is 4. The van der Waals surface area contributed by atoms with Crippen LogP contribution < -0.4 is 5.32 Å². The molecule has 1 atom stereocenters. The van der Waals surface area contributed by atoms with Gasteiger partial charge < -0.3 is 14.8 Å². The summed E-state index contributed by atoms with van der Waals surface area (Å²) in [7, 11) is 0. The first-order valence-electron chi connectivity index (χ1n) is 7.79. The van der Waals surface area contributed by atoms with E-state index in [9.17, 15) is 9.59 Å². The molecule has 0 aromatic carbocycles. The first-order valence-corrected chi connectivity index (χ1v) is 7.79. The third-order valence-corrected chi connectivity index (χ3v) is 4.17. The molecule has 2 aromatic rings. The van der Waals surface area contributed by atoms with E-state index in [0.29, 0.717) is 12.1 Å². The van der Waals surface area contributed by atoms with Crippen molar-refractivity contribution in [1.82, 2.24) is 19.8 Å². The van der Waals surface area contributed by atoms with E-state index in [1.807, 2.05) is 34.0 Å². The first kappa shape index (κ1) is 15.3. The lowest BCUT2D eigenvalue weighted by Gasteiger charge is -2.23. The molecule has 23 heavy (non-hydrogen) atoms. The summed E-state index contributed by atoms with van der Waals surface area (Å²) in [4.78, 5) is 29.9. The molecular weight excluding hydrogens is 292 g/mol. The second kappa shape index (κ2) is 6.64. The number of pyridine rings is 1. The second-order valence-electron chi connectivity index (χ2n) is 5.74. The third-order valence-electron chi connectivity index (χ3n) is 4.17. The number of hydrogen-bond donors (Lipinski definition) is 1. The van der Waals surface area contributed by atoms with Crippen molar-refractivity contribution in [3.05, 3.63) is 48.5 Å². The van der Waals surface area contributed by atoms with Crippen LogP contribution in [0, 0.1) is 0 Å². The molecule has 120 valence electrons. The SMILES string of the molecule is CC(=O)N1CCCC1CNC(=O)c1cncc(-n2cccc2)c1. The number of likely N-dealkylation sites (tertiary alicyclic amines) is 1. The average molecular weight is 312 g/mol. The molecular formula is C17H20N4O2. The molecule has 0 bridgehead atoms. The van der Waals surface area contributed by atoms with Crippen LogP contribution in [0.25, 0.3) is 5.69 Å². The Kier molecular flexibility index (Phi) is 4.41. The lowest BCUT2D eigenvalue weighted by Crippen LogP contribution is -2.42. The molecule has 2 aromatic heterocycles. The van der Waals surface area contributed by atoms with Gasteiger partial charge in [-0.1, -0.05) is 0 Å². The van der Waals surface area contributed by atoms with Crippen LogP contribution in [-0.4, -0.2) is 45.4 Å². The van der Waals surface area contributed by atoms with E-state index in [1.165, 1.54) is 0 Å². The van der Waals surface area contributed by atoms with E-state index in [4.69, 9.17) is 0 Å². The summed E-state index contributed by atoms with van der Waals surface area (Å²) in [6, 6.07) is 5.74. The van der Waals surface area contributed by atoms with Crippen LogP contribution in [0.1, 0.15) is 30.1 Å². The number of carbonyl (C=O) groups is 2. The molecule has 0 saturated carbocycles. The molecule has 0 aliphatic carbocycles. The molecule has 1 saturated heterocycles. The standard InChI is InChI=1S/C17H20N4O2/c1-13(22)21-8-4-5-15(21)12-19-17(23)14-9-16(11-18-10-14)20-6-2-3-7-20/h2-3,6-7,9-11,15H,4-5,8,12H2,1H3,(H,19,23). The smallest absolute Gasteiger partial charge is 0.252 e. The summed E-state index contributed by atoms with van der Waals surface area (Å²) >= 11 is 0. The number of nitrogens with zero attached hydrogens (tertiary/aromatic N) is 3. The fraction of sp³-hybridized carbons (Fsp3) is 0.353. The number of nitrogens with one attached hydrogen (secondary N) is 1. The van der Waals surface area contributed by atoms with Crippen LogP contribution in [0.2, 0.25) is 0 Å². The molecule has 1 aliphatic heterocycles. The van der Waals surface area contributed by atoms with Crippen molar-refractivity contribution < 1.29 is 9.59 Å². The summed E-state index contributed by atoms with van der Waals surface area (Å²) in [5, 5.41) is 2.92. The van der Waals surface area contributed by atoms with Crippen molar-refractivity contribution in [3.63, 3.8) is 0 Å². The van der Waals surface area contributed by atoms with Gasteiger partial charge in [0.2, 0.25) is 5.91 Å². The predicted octanol–water partition coefficient (Wildman–Crippen LogP) is 1.61. The molecule has 1 aliphatic rings. The number of amides is 2. The zero-order chi connectivity index (χ0) is 16.2. The van der Waals surface area contributed by atoms with Crippen molar-refractivity contribution in [2.45, 2.75) is 25.8 Å². The highest BCUT2D eigenvalue weighted by atomic mass is 16.2. The molecule has 1 N–H and O–H groups in total. The zero-order valence-corrected chi connectivity index (χ0v) is 13.1. The molecule has 3 heterocycles. The Morgan fingerprint density at radius 1 is 1.30 bits per heavy atom. The van der Waals surface area contributed by atoms with Gasteiger partial charge >= 0.3 is 0 Å². The summed E-state index contributed by atoms with van der Waals surface area (Å²) in [5.74, 6) is -0.0973. The van der Waals surface area contributed by atoms with Gasteiger partial charge in [0, 0.05) is 44.6 Å². The molecule has 3 rings (SSSR count). The van der Waals surface area contributed by atoms with Gasteiger partial charge in [-0.2, -0.15) is 0 Å². The van der Waals surface area contributed by atoms with Crippen molar-refractivity contribution in [1.29, 1.82) is 0 Å². The van der Waals surface area contributed by atoms with E-state index < -0.39 is 0 Å². The minimum absolute atomic E-state index is 0.0676. The van der Waals surface area contributed by atoms with Crippen LogP contribution in [0.3, 0.4) is 0 Å². The van der Waals surface area contributed by atoms with Gasteiger partial charge in [0.1, 0.15) is 0 Å². The highest BCUT2D eigenvalue weighted by Gasteiger charge is 2.26. The molecule has 0 spiro atoms. The van der Waals surface area contributed by atoms with Crippen molar-refractivity contribution in [2.24, 2.45) is 0 Å². The zero-order valence-electron chi connectivity index (χ0n) is 13.1. The Bertz CT molecular complexity index is 696. The average Bonchev–Trinajstić information content (AvgIpc) is 3.24. The highest BCUT2D eigenvalue weighted by Crippen LogP contribution is 2.16. The van der Waals surface area contributed by atoms with Gasteiger partial charge in [0.25, 0.3) is 5.91 Å². The van der Waals surface area contributed by atoms with E-state index in [-0.39, 0.29) is 17.9 Å². The van der Waals surface area contributed by atoms with Gasteiger partial charge in [0.05, 0.1) is 17.4 Å². The number of aromatic nitrogens is 2. The van der Waals surface area contributed by atoms with Crippen LogP contribution in [-0.2, 0) is 4.79 Å². The second-order valence-corrected chi connectivity index (χ2v) is 5.74. The molecule has 6 heteroatoms. The van der Waals surface area contributed by atoms with E-state index in [0.717, 1.165) is 25.1 Å². The lowest BCUT2D eigenvalue weighted by molar-refractivity contribution is -0.129. The monoisotopic (exact) mass is 312 g/mol. The Balaban J connectivity index is 1.65. The Hall–Kier alpha value is -2.63. The predicted molar refractivity (Wildman–Crippen MR) is 86.3 cm³/mol. The van der Waals surface area contributed by atoms with Crippen LogP contribution in [0.15, 0.2) is 43.0 Å². The largest absolute Gasteiger partial charge is 0.350 e. The maximum absolute atomic E-state index is 12.3. The summed E-state index contributed by atoms with van der Waals surface area (Å²) in [6.07, 6.45) is 9.00. The summed E-state index contributed by atoms with van der Waals surface area (Å²) in [5.41, 5.74) is 1.36. The maximum Gasteiger partial charge on any atom is 0.252 e. The molecule has 0 radical (unpaired) electrons. The Morgan fingerprint density at radius 3 is 2.83 bits per heavy atom. The third kappa shape index (κ3) is 3.41. The summed E-state index contributed by atoms with van der Waals surface area (Å²) in [6.45, 7) is 2.83. The van der Waals surface area contributed by atoms with Gasteiger partial charge in [-0.25, -0.2) is 0 Å². The fourth-order valence-electron chi connectivity index (χ4n) is 2.97. The van der Waals surface area contributed by atoms with Gasteiger partial charge in [0.15, 0.2) is 0 Å². The van der Waals surface area contributed by atoms with Crippen LogP contribution in [0.5, 0.6) is 0 Å². The molecule has 6 nitrogen and oxygen atoms in total. The van der Waals surface area contributed by atoms with Gasteiger partial charge in [-0.3, -0.25) is 14.6 Å². The topological polar surface area (TPSA) is 67.2 Å². The minimum atomic E-state index is -0.165. The van der Waals surface area contributed by atoms with Crippen LogP contribution in [0.4, 0.5) is 0 Å². The summed E-state index contributed by atoms with van der Waals surface area (Å²) < 4.78 is 1.90. The lowest BCUT2D eigenvalue weighted by atomic mass is 10.2. The van der Waals surface area contributed by atoms with Crippen molar-refractivity contribution >= 4 is 11.8 Å². The fourth-order valence-corrected chi connectivity index (χ4v) is 2.97. The van der Waals surface area contributed by atoms with E-state index in [2.05, 4.69) is 10.3 Å². The quantitative estimate of drug-likeness (QED) is 0.933. The van der Waals surface area contributed by atoms with E-state index in [1.54, 1.807) is 25.4 Å². The van der Waals surface area contributed by atoms with Crippen LogP contribution >= 0.6 is 0 Å². The van der Waals surface area contributed by atoms with Gasteiger partial charge in [-0.05, 0) is 31.0 Å². The number of carbonyl (C=O) groups excluding carboxylic acids is 2. The Morgan fingerprint density at radius 2 is 2.09 bits per heavy atom. The maximum atomic E-state index is 12.3. The first-order chi connectivity index (χ1) is 11.1. The molecule has 1 unspecified atom stereocenters. The Labute approximate surface area is 135 Å². The molecule has 2 amide bonds. The van der Waals surface area contributed by atoms with Gasteiger partial charge in [-0.15, -0.1) is 0 Å². The highest BCUT2D eigenvalue weighted by molar-refractivity contribution is 5.94. The number of hydrogen-bond acceptors (Lipinski definition) is 3.